The number of nitrogens with zero attached hydrogens (tertiary/aromatic N) is 4. The van der Waals surface area contributed by atoms with Crippen LogP contribution in [0.1, 0.15) is 25.3 Å². The summed E-state index contributed by atoms with van der Waals surface area (Å²) in [5, 5.41) is 15.6. The van der Waals surface area contributed by atoms with Crippen LogP contribution in [0, 0.1) is 6.92 Å². The van der Waals surface area contributed by atoms with Crippen LogP contribution in [0.5, 0.6) is 5.75 Å². The molecule has 0 bridgehead atoms. The molecule has 2 aromatic rings. The van der Waals surface area contributed by atoms with Crippen molar-refractivity contribution in [3.8, 4) is 11.4 Å². The molecule has 1 saturated heterocycles. The van der Waals surface area contributed by atoms with E-state index in [9.17, 15) is 4.79 Å². The zero-order valence-corrected chi connectivity index (χ0v) is 16.9. The third kappa shape index (κ3) is 4.98. The molecule has 146 valence electrons. The molecule has 1 aliphatic rings. The van der Waals surface area contributed by atoms with Crippen LogP contribution in [0.3, 0.4) is 0 Å². The second-order valence-corrected chi connectivity index (χ2v) is 7.73. The number of aromatic nitrogens is 4. The van der Waals surface area contributed by atoms with Gasteiger partial charge in [-0.05, 0) is 42.0 Å². The number of hydrogen-bond donors (Lipinski definition) is 2. The topological polar surface area (TPSA) is 86.4 Å². The smallest absolute Gasteiger partial charge is 0.230 e. The number of benzene rings is 1. The number of piperidine rings is 1. The Bertz CT molecular complexity index is 773. The van der Waals surface area contributed by atoms with Crippen molar-refractivity contribution in [1.29, 1.82) is 0 Å². The lowest BCUT2D eigenvalue weighted by Gasteiger charge is -2.28. The van der Waals surface area contributed by atoms with Crippen LogP contribution in [-0.4, -0.2) is 64.7 Å². The molecule has 2 N–H and O–H groups in total. The van der Waals surface area contributed by atoms with Crippen molar-refractivity contribution in [2.75, 3.05) is 32.5 Å². The Kier molecular flexibility index (Phi) is 6.68. The highest BCUT2D eigenvalue weighted by Gasteiger charge is 2.22. The fourth-order valence-corrected chi connectivity index (χ4v) is 4.00. The van der Waals surface area contributed by atoms with Crippen molar-refractivity contribution >= 4 is 17.7 Å². The molecule has 1 fully saturated rings. The number of methoxy groups -OCH3 is 1. The fourth-order valence-electron chi connectivity index (χ4n) is 3.31. The normalized spacial score (nSPS) is 19.7. The number of carbonyl (C=O) groups excluding carboxylic acids is 1. The fraction of sp³-hybridized carbons (Fsp3) is 0.556. The number of quaternary nitrogens is 1. The van der Waals surface area contributed by atoms with Gasteiger partial charge in [0, 0.05) is 18.9 Å². The Morgan fingerprint density at radius 3 is 2.89 bits per heavy atom. The molecule has 0 saturated carbocycles. The van der Waals surface area contributed by atoms with Crippen molar-refractivity contribution in [3.05, 3.63) is 23.8 Å². The third-order valence-electron chi connectivity index (χ3n) is 4.89. The van der Waals surface area contributed by atoms with Gasteiger partial charge in [-0.25, -0.2) is 0 Å². The number of hydrogen-bond acceptors (Lipinski definition) is 6. The Morgan fingerprint density at radius 2 is 2.19 bits per heavy atom. The molecule has 0 atom stereocenters. The molecule has 0 radical (unpaired) electrons. The summed E-state index contributed by atoms with van der Waals surface area (Å²) < 4.78 is 7.03. The van der Waals surface area contributed by atoms with E-state index in [-0.39, 0.29) is 17.7 Å². The Labute approximate surface area is 163 Å². The van der Waals surface area contributed by atoms with E-state index in [1.54, 1.807) is 16.7 Å². The first-order valence-corrected chi connectivity index (χ1v) is 10.3. The highest BCUT2D eigenvalue weighted by Crippen LogP contribution is 2.26. The monoisotopic (exact) mass is 391 g/mol. The van der Waals surface area contributed by atoms with E-state index in [0.29, 0.717) is 10.9 Å². The molecule has 9 heteroatoms. The molecule has 1 aromatic heterocycles. The van der Waals surface area contributed by atoms with E-state index < -0.39 is 0 Å². The second kappa shape index (κ2) is 9.18. The summed E-state index contributed by atoms with van der Waals surface area (Å²) in [6.45, 7) is 7.61. The standard InChI is InChI=1S/C18H26N6O2S/c1-4-23-9-7-14(8-10-23)19-17(25)12-27-18-20-21-22-24(18)15-11-13(2)5-6-16(15)26-3/h5-6,11,14H,4,7-10,12H2,1-3H3,(H,19,25)/p+1. The lowest BCUT2D eigenvalue weighted by molar-refractivity contribution is -0.903. The van der Waals surface area contributed by atoms with Crippen LogP contribution in [0.25, 0.3) is 5.69 Å². The number of ether oxygens (including phenoxy) is 1. The Morgan fingerprint density at radius 1 is 1.41 bits per heavy atom. The van der Waals surface area contributed by atoms with E-state index in [1.165, 1.54) is 11.8 Å². The number of nitrogens with one attached hydrogen (secondary N) is 2. The summed E-state index contributed by atoms with van der Waals surface area (Å²) in [7, 11) is 1.62. The van der Waals surface area contributed by atoms with Crippen LogP contribution >= 0.6 is 11.8 Å². The molecular weight excluding hydrogens is 364 g/mol. The molecule has 1 aliphatic heterocycles. The van der Waals surface area contributed by atoms with Gasteiger partial charge in [-0.3, -0.25) is 4.79 Å². The second-order valence-electron chi connectivity index (χ2n) is 6.78. The van der Waals surface area contributed by atoms with Crippen molar-refractivity contribution in [2.24, 2.45) is 0 Å². The molecule has 1 aromatic carbocycles. The summed E-state index contributed by atoms with van der Waals surface area (Å²) in [6, 6.07) is 6.10. The van der Waals surface area contributed by atoms with Gasteiger partial charge in [0.25, 0.3) is 0 Å². The van der Waals surface area contributed by atoms with Crippen molar-refractivity contribution in [3.63, 3.8) is 0 Å². The average Bonchev–Trinajstić information content (AvgIpc) is 3.15. The van der Waals surface area contributed by atoms with Crippen molar-refractivity contribution in [2.45, 2.75) is 37.9 Å². The van der Waals surface area contributed by atoms with E-state index >= 15 is 0 Å². The molecule has 3 rings (SSSR count). The van der Waals surface area contributed by atoms with Gasteiger partial charge in [-0.1, -0.05) is 17.8 Å². The molecule has 8 nitrogen and oxygen atoms in total. The minimum atomic E-state index is 0.0238. The van der Waals surface area contributed by atoms with E-state index in [2.05, 4.69) is 27.8 Å². The Balaban J connectivity index is 1.59. The SMILES string of the molecule is CC[NH+]1CCC(NC(=O)CSc2nnnn2-c2cc(C)ccc2OC)CC1. The number of thioether (sulfide) groups is 1. The zero-order valence-electron chi connectivity index (χ0n) is 16.1. The highest BCUT2D eigenvalue weighted by atomic mass is 32.2. The van der Waals surface area contributed by atoms with Gasteiger partial charge in [-0.15, -0.1) is 5.10 Å². The average molecular weight is 392 g/mol. The van der Waals surface area contributed by atoms with Crippen LogP contribution in [0.4, 0.5) is 0 Å². The van der Waals surface area contributed by atoms with Crippen LogP contribution in [0.2, 0.25) is 0 Å². The van der Waals surface area contributed by atoms with E-state index in [1.807, 2.05) is 25.1 Å². The van der Waals surface area contributed by atoms with Crippen molar-refractivity contribution in [1.82, 2.24) is 25.5 Å². The lowest BCUT2D eigenvalue weighted by Crippen LogP contribution is -3.13. The zero-order chi connectivity index (χ0) is 19.2. The van der Waals surface area contributed by atoms with Gasteiger partial charge in [0.1, 0.15) is 11.4 Å². The molecule has 0 spiro atoms. The van der Waals surface area contributed by atoms with Gasteiger partial charge in [0.2, 0.25) is 11.1 Å². The summed E-state index contributed by atoms with van der Waals surface area (Å²) in [5.41, 5.74) is 1.84. The molecule has 1 amide bonds. The van der Waals surface area contributed by atoms with Crippen LogP contribution < -0.4 is 15.0 Å². The maximum atomic E-state index is 12.3. The predicted molar refractivity (Wildman–Crippen MR) is 104 cm³/mol. The van der Waals surface area contributed by atoms with Gasteiger partial charge in [-0.2, -0.15) is 4.68 Å². The summed E-state index contributed by atoms with van der Waals surface area (Å²) in [5.74, 6) is 0.995. The molecule has 0 aliphatic carbocycles. The molecule has 2 heterocycles. The number of likely N-dealkylation sites (tertiary alicyclic amines) is 1. The predicted octanol–water partition coefficient (Wildman–Crippen LogP) is 0.255. The third-order valence-corrected chi connectivity index (χ3v) is 5.81. The van der Waals surface area contributed by atoms with Gasteiger partial charge in [0.05, 0.1) is 32.5 Å². The van der Waals surface area contributed by atoms with Crippen LogP contribution in [0.15, 0.2) is 23.4 Å². The first-order valence-electron chi connectivity index (χ1n) is 9.29. The highest BCUT2D eigenvalue weighted by molar-refractivity contribution is 7.99. The first kappa shape index (κ1) is 19.6. The van der Waals surface area contributed by atoms with Gasteiger partial charge >= 0.3 is 0 Å². The molecule has 27 heavy (non-hydrogen) atoms. The van der Waals surface area contributed by atoms with Gasteiger partial charge in [0.15, 0.2) is 0 Å². The minimum Gasteiger partial charge on any atom is -0.494 e. The quantitative estimate of drug-likeness (QED) is 0.659. The Hall–Kier alpha value is -2.13. The summed E-state index contributed by atoms with van der Waals surface area (Å²) >= 11 is 1.33. The maximum Gasteiger partial charge on any atom is 0.230 e. The first-order chi connectivity index (χ1) is 13.1. The summed E-state index contributed by atoms with van der Waals surface area (Å²) in [6.07, 6.45) is 2.08. The lowest BCUT2D eigenvalue weighted by atomic mass is 10.1. The van der Waals surface area contributed by atoms with Gasteiger partial charge < -0.3 is 15.0 Å². The van der Waals surface area contributed by atoms with Crippen molar-refractivity contribution < 1.29 is 14.4 Å². The van der Waals surface area contributed by atoms with Crippen LogP contribution in [-0.2, 0) is 4.79 Å². The molecular formula is C18H27N6O2S+. The number of amides is 1. The minimum absolute atomic E-state index is 0.0238. The largest absolute Gasteiger partial charge is 0.494 e. The van der Waals surface area contributed by atoms with E-state index in [4.69, 9.17) is 4.74 Å². The maximum absolute atomic E-state index is 12.3. The molecule has 0 unspecified atom stereocenters. The number of rotatable bonds is 7. The number of carbonyl (C=O) groups is 1. The summed E-state index contributed by atoms with van der Waals surface area (Å²) in [4.78, 5) is 14.0. The van der Waals surface area contributed by atoms with E-state index in [0.717, 1.165) is 43.7 Å². The number of tetrazole rings is 1. The number of aryl methyl sites for hydroxylation is 1.